The van der Waals surface area contributed by atoms with E-state index in [9.17, 15) is 4.79 Å². The van der Waals surface area contributed by atoms with Crippen LogP contribution < -0.4 is 5.32 Å². The van der Waals surface area contributed by atoms with Gasteiger partial charge >= 0.3 is 0 Å². The van der Waals surface area contributed by atoms with Gasteiger partial charge in [-0.1, -0.05) is 36.9 Å². The number of halogens is 1. The first-order valence-corrected chi connectivity index (χ1v) is 6.61. The van der Waals surface area contributed by atoms with Crippen LogP contribution in [0.2, 0.25) is 5.02 Å². The number of hydrogen-bond acceptors (Lipinski definition) is 1. The second-order valence-electron chi connectivity index (χ2n) is 4.76. The first kappa shape index (κ1) is 12.4. The fourth-order valence-corrected chi connectivity index (χ4v) is 2.75. The lowest BCUT2D eigenvalue weighted by molar-refractivity contribution is -0.114. The maximum absolute atomic E-state index is 11.0. The molecule has 1 aliphatic carbocycles. The Labute approximate surface area is 107 Å². The molecule has 0 atom stereocenters. The number of benzene rings is 1. The number of carbonyl (C=O) groups is 1. The monoisotopic (exact) mass is 251 g/mol. The standard InChI is InChI=1S/C14H18ClNO/c1-10(17)16-14-8-7-12(9-13(14)15)11-5-3-2-4-6-11/h7-9,11H,2-6H2,1H3,(H,16,17). The SMILES string of the molecule is CC(=O)Nc1ccc(C2CCCCC2)cc1Cl. The molecule has 0 heterocycles. The molecule has 1 aromatic rings. The summed E-state index contributed by atoms with van der Waals surface area (Å²) < 4.78 is 0. The second-order valence-corrected chi connectivity index (χ2v) is 5.16. The highest BCUT2D eigenvalue weighted by Gasteiger charge is 2.16. The molecule has 1 N–H and O–H groups in total. The van der Waals surface area contributed by atoms with Gasteiger partial charge in [-0.15, -0.1) is 0 Å². The van der Waals surface area contributed by atoms with Gasteiger partial charge < -0.3 is 5.32 Å². The molecule has 3 heteroatoms. The zero-order valence-electron chi connectivity index (χ0n) is 10.1. The number of anilines is 1. The van der Waals surface area contributed by atoms with Crippen molar-refractivity contribution in [2.45, 2.75) is 44.9 Å². The van der Waals surface area contributed by atoms with Gasteiger partial charge in [-0.2, -0.15) is 0 Å². The van der Waals surface area contributed by atoms with E-state index in [-0.39, 0.29) is 5.91 Å². The topological polar surface area (TPSA) is 29.1 Å². The molecule has 2 rings (SSSR count). The van der Waals surface area contributed by atoms with Gasteiger partial charge in [0.25, 0.3) is 0 Å². The molecule has 17 heavy (non-hydrogen) atoms. The highest BCUT2D eigenvalue weighted by atomic mass is 35.5. The Morgan fingerprint density at radius 2 is 2.00 bits per heavy atom. The third-order valence-corrected chi connectivity index (χ3v) is 3.69. The molecule has 1 amide bonds. The van der Waals surface area contributed by atoms with Crippen molar-refractivity contribution in [2.24, 2.45) is 0 Å². The van der Waals surface area contributed by atoms with E-state index in [0.29, 0.717) is 16.6 Å². The minimum absolute atomic E-state index is 0.0858. The van der Waals surface area contributed by atoms with Crippen molar-refractivity contribution in [3.63, 3.8) is 0 Å². The summed E-state index contributed by atoms with van der Waals surface area (Å²) in [5.74, 6) is 0.560. The predicted octanol–water partition coefficient (Wildman–Crippen LogP) is 4.35. The zero-order chi connectivity index (χ0) is 12.3. The quantitative estimate of drug-likeness (QED) is 0.832. The van der Waals surface area contributed by atoms with Crippen LogP contribution >= 0.6 is 11.6 Å². The molecule has 1 aromatic carbocycles. The van der Waals surface area contributed by atoms with Gasteiger partial charge in [-0.05, 0) is 36.5 Å². The van der Waals surface area contributed by atoms with Crippen molar-refractivity contribution in [1.82, 2.24) is 0 Å². The van der Waals surface area contributed by atoms with Gasteiger partial charge in [0.1, 0.15) is 0 Å². The van der Waals surface area contributed by atoms with Crippen LogP contribution in [-0.2, 0) is 4.79 Å². The van der Waals surface area contributed by atoms with Gasteiger partial charge in [-0.25, -0.2) is 0 Å². The summed E-state index contributed by atoms with van der Waals surface area (Å²) >= 11 is 6.18. The van der Waals surface area contributed by atoms with Crippen LogP contribution in [0.4, 0.5) is 5.69 Å². The summed E-state index contributed by atoms with van der Waals surface area (Å²) in [6.07, 6.45) is 6.51. The van der Waals surface area contributed by atoms with Crippen LogP contribution in [0, 0.1) is 0 Å². The van der Waals surface area contributed by atoms with E-state index >= 15 is 0 Å². The number of rotatable bonds is 2. The molecular formula is C14H18ClNO. The van der Waals surface area contributed by atoms with Gasteiger partial charge in [0.15, 0.2) is 0 Å². The largest absolute Gasteiger partial charge is 0.325 e. The van der Waals surface area contributed by atoms with E-state index in [1.807, 2.05) is 12.1 Å². The molecule has 0 unspecified atom stereocenters. The molecule has 1 fully saturated rings. The van der Waals surface area contributed by atoms with Crippen LogP contribution in [-0.4, -0.2) is 5.91 Å². The average Bonchev–Trinajstić information content (AvgIpc) is 2.32. The average molecular weight is 252 g/mol. The van der Waals surface area contributed by atoms with Crippen LogP contribution in [0.5, 0.6) is 0 Å². The third-order valence-electron chi connectivity index (χ3n) is 3.38. The number of amides is 1. The van der Waals surface area contributed by atoms with E-state index in [1.165, 1.54) is 44.6 Å². The molecule has 2 nitrogen and oxygen atoms in total. The fourth-order valence-electron chi connectivity index (χ4n) is 2.51. The molecule has 0 aromatic heterocycles. The van der Waals surface area contributed by atoms with Crippen molar-refractivity contribution < 1.29 is 4.79 Å². The van der Waals surface area contributed by atoms with Crippen molar-refractivity contribution in [2.75, 3.05) is 5.32 Å². The molecule has 1 saturated carbocycles. The number of hydrogen-bond donors (Lipinski definition) is 1. The Hall–Kier alpha value is -1.02. The minimum atomic E-state index is -0.0858. The lowest BCUT2D eigenvalue weighted by Gasteiger charge is -2.22. The first-order chi connectivity index (χ1) is 8.16. The lowest BCUT2D eigenvalue weighted by Crippen LogP contribution is -2.08. The smallest absolute Gasteiger partial charge is 0.221 e. The zero-order valence-corrected chi connectivity index (χ0v) is 10.9. The fraction of sp³-hybridized carbons (Fsp3) is 0.500. The number of nitrogens with one attached hydrogen (secondary N) is 1. The molecule has 1 aliphatic rings. The summed E-state index contributed by atoms with van der Waals surface area (Å²) in [5, 5.41) is 3.37. The van der Waals surface area contributed by atoms with Crippen LogP contribution in [0.15, 0.2) is 18.2 Å². The summed E-state index contributed by atoms with van der Waals surface area (Å²) in [6, 6.07) is 6.00. The van der Waals surface area contributed by atoms with Crippen molar-refractivity contribution in [1.29, 1.82) is 0 Å². The maximum atomic E-state index is 11.0. The highest BCUT2D eigenvalue weighted by molar-refractivity contribution is 6.33. The van der Waals surface area contributed by atoms with Gasteiger partial charge in [-0.3, -0.25) is 4.79 Å². The Morgan fingerprint density at radius 1 is 1.29 bits per heavy atom. The van der Waals surface area contributed by atoms with Crippen LogP contribution in [0.3, 0.4) is 0 Å². The molecule has 0 radical (unpaired) electrons. The number of carbonyl (C=O) groups excluding carboxylic acids is 1. The molecule has 92 valence electrons. The van der Waals surface area contributed by atoms with Crippen LogP contribution in [0.1, 0.15) is 50.5 Å². The Morgan fingerprint density at radius 3 is 2.59 bits per heavy atom. The van der Waals surface area contributed by atoms with Crippen molar-refractivity contribution in [3.8, 4) is 0 Å². The van der Waals surface area contributed by atoms with Gasteiger partial charge in [0.2, 0.25) is 5.91 Å². The lowest BCUT2D eigenvalue weighted by atomic mass is 9.84. The van der Waals surface area contributed by atoms with Crippen LogP contribution in [0.25, 0.3) is 0 Å². The van der Waals surface area contributed by atoms with E-state index in [4.69, 9.17) is 11.6 Å². The van der Waals surface area contributed by atoms with Gasteiger partial charge in [0.05, 0.1) is 10.7 Å². The Balaban J connectivity index is 2.14. The van der Waals surface area contributed by atoms with Crippen molar-refractivity contribution >= 4 is 23.2 Å². The molecule has 0 spiro atoms. The highest BCUT2D eigenvalue weighted by Crippen LogP contribution is 2.35. The molecule has 0 aliphatic heterocycles. The van der Waals surface area contributed by atoms with Gasteiger partial charge in [0, 0.05) is 6.92 Å². The minimum Gasteiger partial charge on any atom is -0.325 e. The summed E-state index contributed by atoms with van der Waals surface area (Å²) in [5.41, 5.74) is 2.02. The van der Waals surface area contributed by atoms with Crippen molar-refractivity contribution in [3.05, 3.63) is 28.8 Å². The van der Waals surface area contributed by atoms with E-state index in [2.05, 4.69) is 11.4 Å². The van der Waals surface area contributed by atoms with E-state index in [0.717, 1.165) is 0 Å². The summed E-state index contributed by atoms with van der Waals surface area (Å²) in [4.78, 5) is 11.0. The summed E-state index contributed by atoms with van der Waals surface area (Å²) in [7, 11) is 0. The van der Waals surface area contributed by atoms with E-state index < -0.39 is 0 Å². The molecule has 0 saturated heterocycles. The molecule has 0 bridgehead atoms. The Kier molecular flexibility index (Phi) is 4.06. The third kappa shape index (κ3) is 3.22. The predicted molar refractivity (Wildman–Crippen MR) is 71.6 cm³/mol. The molecular weight excluding hydrogens is 234 g/mol. The first-order valence-electron chi connectivity index (χ1n) is 6.24. The second kappa shape index (κ2) is 5.54. The normalized spacial score (nSPS) is 16.8. The Bertz CT molecular complexity index is 411. The maximum Gasteiger partial charge on any atom is 0.221 e. The summed E-state index contributed by atoms with van der Waals surface area (Å²) in [6.45, 7) is 1.49. The van der Waals surface area contributed by atoms with E-state index in [1.54, 1.807) is 0 Å².